The molecule has 1 saturated carbocycles. The topological polar surface area (TPSA) is 38.0 Å². The lowest BCUT2D eigenvalue weighted by Crippen LogP contribution is -2.33. The fourth-order valence-corrected chi connectivity index (χ4v) is 3.19. The standard InChI is InChI=1S/C15H26N2O/c1-4-15(8-5-6-9-15)14(18)11-13-7-10-17(16-13)12(2)3/h7,10,12,14,18H,4-6,8-9,11H2,1-3H3. The van der Waals surface area contributed by atoms with Gasteiger partial charge in [0, 0.05) is 18.7 Å². The van der Waals surface area contributed by atoms with Gasteiger partial charge >= 0.3 is 0 Å². The summed E-state index contributed by atoms with van der Waals surface area (Å²) in [5, 5.41) is 15.1. The third kappa shape index (κ3) is 2.61. The van der Waals surface area contributed by atoms with Gasteiger partial charge in [0.15, 0.2) is 0 Å². The summed E-state index contributed by atoms with van der Waals surface area (Å²) in [6, 6.07) is 2.43. The molecule has 1 unspecified atom stereocenters. The maximum Gasteiger partial charge on any atom is 0.0652 e. The van der Waals surface area contributed by atoms with Crippen molar-refractivity contribution in [2.75, 3.05) is 0 Å². The Morgan fingerprint density at radius 2 is 2.06 bits per heavy atom. The van der Waals surface area contributed by atoms with Crippen LogP contribution in [0.2, 0.25) is 0 Å². The molecule has 1 N–H and O–H groups in total. The van der Waals surface area contributed by atoms with Crippen molar-refractivity contribution in [1.82, 2.24) is 9.78 Å². The van der Waals surface area contributed by atoms with Gasteiger partial charge in [-0.25, -0.2) is 0 Å². The molecule has 0 radical (unpaired) electrons. The Balaban J connectivity index is 2.03. The maximum absolute atomic E-state index is 10.6. The van der Waals surface area contributed by atoms with Crippen molar-refractivity contribution in [2.45, 2.75) is 71.4 Å². The van der Waals surface area contributed by atoms with Gasteiger partial charge in [-0.2, -0.15) is 5.10 Å². The Hall–Kier alpha value is -0.830. The first-order chi connectivity index (χ1) is 8.57. The molecule has 0 aromatic carbocycles. The largest absolute Gasteiger partial charge is 0.392 e. The van der Waals surface area contributed by atoms with Crippen LogP contribution >= 0.6 is 0 Å². The monoisotopic (exact) mass is 250 g/mol. The van der Waals surface area contributed by atoms with Gasteiger partial charge in [0.25, 0.3) is 0 Å². The minimum Gasteiger partial charge on any atom is -0.392 e. The minimum atomic E-state index is -0.236. The molecule has 3 heteroatoms. The molecule has 0 amide bonds. The second kappa shape index (κ2) is 5.43. The van der Waals surface area contributed by atoms with E-state index in [1.54, 1.807) is 0 Å². The third-order valence-corrected chi connectivity index (χ3v) is 4.61. The molecule has 1 aromatic rings. The van der Waals surface area contributed by atoms with E-state index in [0.717, 1.165) is 12.1 Å². The number of aliphatic hydroxyl groups is 1. The maximum atomic E-state index is 10.6. The zero-order valence-electron chi connectivity index (χ0n) is 11.9. The summed E-state index contributed by atoms with van der Waals surface area (Å²) in [6.45, 7) is 6.46. The van der Waals surface area contributed by atoms with E-state index in [2.05, 4.69) is 25.9 Å². The Morgan fingerprint density at radius 3 is 2.56 bits per heavy atom. The lowest BCUT2D eigenvalue weighted by molar-refractivity contribution is 0.0249. The molecule has 1 aromatic heterocycles. The van der Waals surface area contributed by atoms with E-state index in [9.17, 15) is 5.11 Å². The van der Waals surface area contributed by atoms with Crippen molar-refractivity contribution >= 4 is 0 Å². The second-order valence-corrected chi connectivity index (χ2v) is 6.02. The van der Waals surface area contributed by atoms with Gasteiger partial charge in [-0.15, -0.1) is 0 Å². The normalized spacial score (nSPS) is 20.5. The van der Waals surface area contributed by atoms with Gasteiger partial charge in [0.05, 0.1) is 11.8 Å². The van der Waals surface area contributed by atoms with Crippen LogP contribution in [0.5, 0.6) is 0 Å². The summed E-state index contributed by atoms with van der Waals surface area (Å²) < 4.78 is 1.97. The minimum absolute atomic E-state index is 0.154. The van der Waals surface area contributed by atoms with Crippen molar-refractivity contribution in [1.29, 1.82) is 0 Å². The average molecular weight is 250 g/mol. The number of hydrogen-bond donors (Lipinski definition) is 1. The zero-order chi connectivity index (χ0) is 13.2. The summed E-state index contributed by atoms with van der Waals surface area (Å²) in [5.74, 6) is 0. The molecule has 1 atom stereocenters. The van der Waals surface area contributed by atoms with E-state index >= 15 is 0 Å². The predicted molar refractivity (Wildman–Crippen MR) is 73.5 cm³/mol. The lowest BCUT2D eigenvalue weighted by Gasteiger charge is -2.33. The summed E-state index contributed by atoms with van der Waals surface area (Å²) in [6.07, 6.45) is 8.45. The summed E-state index contributed by atoms with van der Waals surface area (Å²) in [7, 11) is 0. The molecule has 1 fully saturated rings. The van der Waals surface area contributed by atoms with Gasteiger partial charge < -0.3 is 5.11 Å². The van der Waals surface area contributed by atoms with Crippen LogP contribution in [0.25, 0.3) is 0 Å². The van der Waals surface area contributed by atoms with Crippen LogP contribution in [-0.4, -0.2) is 21.0 Å². The molecule has 1 aliphatic rings. The first kappa shape index (κ1) is 13.6. The van der Waals surface area contributed by atoms with Gasteiger partial charge in [-0.3, -0.25) is 4.68 Å². The molecule has 1 heterocycles. The Kier molecular flexibility index (Phi) is 4.10. The summed E-state index contributed by atoms with van der Waals surface area (Å²) in [4.78, 5) is 0. The Bertz CT molecular complexity index is 378. The van der Waals surface area contributed by atoms with Crippen LogP contribution < -0.4 is 0 Å². The van der Waals surface area contributed by atoms with Crippen LogP contribution in [-0.2, 0) is 6.42 Å². The molecule has 0 spiro atoms. The molecular formula is C15H26N2O. The number of nitrogens with zero attached hydrogens (tertiary/aromatic N) is 2. The second-order valence-electron chi connectivity index (χ2n) is 6.02. The number of rotatable bonds is 5. The van der Waals surface area contributed by atoms with Gasteiger partial charge in [0.2, 0.25) is 0 Å². The van der Waals surface area contributed by atoms with Crippen molar-refractivity contribution in [3.05, 3.63) is 18.0 Å². The molecule has 0 aliphatic heterocycles. The average Bonchev–Trinajstić information content (AvgIpc) is 2.97. The smallest absolute Gasteiger partial charge is 0.0652 e. The van der Waals surface area contributed by atoms with Crippen molar-refractivity contribution in [3.8, 4) is 0 Å². The molecule has 18 heavy (non-hydrogen) atoms. The fraction of sp³-hybridized carbons (Fsp3) is 0.800. The van der Waals surface area contributed by atoms with E-state index < -0.39 is 0 Å². The SMILES string of the molecule is CCC1(C(O)Cc2ccn(C(C)C)n2)CCCC1. The van der Waals surface area contributed by atoms with Gasteiger partial charge in [-0.1, -0.05) is 19.8 Å². The Labute approximate surface area is 110 Å². The van der Waals surface area contributed by atoms with Crippen LogP contribution in [0.1, 0.15) is 64.6 Å². The highest BCUT2D eigenvalue weighted by Gasteiger charge is 2.38. The van der Waals surface area contributed by atoms with Crippen LogP contribution in [0.3, 0.4) is 0 Å². The quantitative estimate of drug-likeness (QED) is 0.870. The number of hydrogen-bond acceptors (Lipinski definition) is 2. The predicted octanol–water partition coefficient (Wildman–Crippen LogP) is 3.34. The highest BCUT2D eigenvalue weighted by atomic mass is 16.3. The number of aromatic nitrogens is 2. The van der Waals surface area contributed by atoms with E-state index in [-0.39, 0.29) is 11.5 Å². The third-order valence-electron chi connectivity index (χ3n) is 4.61. The highest BCUT2D eigenvalue weighted by Crippen LogP contribution is 2.44. The van der Waals surface area contributed by atoms with E-state index in [1.807, 2.05) is 16.9 Å². The van der Waals surface area contributed by atoms with Gasteiger partial charge in [0.1, 0.15) is 0 Å². The van der Waals surface area contributed by atoms with Crippen molar-refractivity contribution < 1.29 is 5.11 Å². The Morgan fingerprint density at radius 1 is 1.39 bits per heavy atom. The number of aliphatic hydroxyl groups excluding tert-OH is 1. The first-order valence-electron chi connectivity index (χ1n) is 7.29. The zero-order valence-corrected chi connectivity index (χ0v) is 11.9. The molecule has 3 nitrogen and oxygen atoms in total. The first-order valence-corrected chi connectivity index (χ1v) is 7.29. The molecule has 0 saturated heterocycles. The molecule has 2 rings (SSSR count). The van der Waals surface area contributed by atoms with E-state index in [0.29, 0.717) is 12.5 Å². The van der Waals surface area contributed by atoms with Crippen LogP contribution in [0.4, 0.5) is 0 Å². The summed E-state index contributed by atoms with van der Waals surface area (Å²) in [5.41, 5.74) is 1.18. The molecule has 102 valence electrons. The molecule has 0 bridgehead atoms. The van der Waals surface area contributed by atoms with Crippen LogP contribution in [0, 0.1) is 5.41 Å². The van der Waals surface area contributed by atoms with E-state index in [4.69, 9.17) is 0 Å². The highest BCUT2D eigenvalue weighted by molar-refractivity contribution is 5.04. The van der Waals surface area contributed by atoms with Crippen molar-refractivity contribution in [3.63, 3.8) is 0 Å². The lowest BCUT2D eigenvalue weighted by atomic mass is 9.76. The summed E-state index contributed by atoms with van der Waals surface area (Å²) >= 11 is 0. The fourth-order valence-electron chi connectivity index (χ4n) is 3.19. The van der Waals surface area contributed by atoms with Crippen LogP contribution in [0.15, 0.2) is 12.3 Å². The molecule has 1 aliphatic carbocycles. The molecular weight excluding hydrogens is 224 g/mol. The van der Waals surface area contributed by atoms with Gasteiger partial charge in [-0.05, 0) is 44.6 Å². The van der Waals surface area contributed by atoms with Crippen molar-refractivity contribution in [2.24, 2.45) is 5.41 Å². The van der Waals surface area contributed by atoms with E-state index in [1.165, 1.54) is 25.7 Å².